The topological polar surface area (TPSA) is 27.6 Å². The summed E-state index contributed by atoms with van der Waals surface area (Å²) in [6.07, 6.45) is 1.73. The first kappa shape index (κ1) is 10.3. The van der Waals surface area contributed by atoms with Crippen molar-refractivity contribution in [2.75, 3.05) is 0 Å². The summed E-state index contributed by atoms with van der Waals surface area (Å²) >= 11 is 11.5. The van der Waals surface area contributed by atoms with Gasteiger partial charge in [0.05, 0.1) is 17.5 Å². The van der Waals surface area contributed by atoms with E-state index in [4.69, 9.17) is 23.4 Å². The number of hydrazine groups is 1. The molecule has 0 radical (unpaired) electrons. The van der Waals surface area contributed by atoms with E-state index in [-0.39, 0.29) is 0 Å². The summed E-state index contributed by atoms with van der Waals surface area (Å²) in [6.45, 7) is 2.03. The fourth-order valence-corrected chi connectivity index (χ4v) is 1.65. The minimum absolute atomic E-state index is 0.440. The van der Waals surface area contributed by atoms with Crippen LogP contribution >= 0.6 is 23.4 Å². The smallest absolute Gasteiger partial charge is 0.125 e. The zero-order valence-electron chi connectivity index (χ0n) is 8.04. The van der Waals surface area contributed by atoms with Crippen LogP contribution in [0.3, 0.4) is 0 Å². The molecule has 0 unspecified atom stereocenters. The summed E-state index contributed by atoms with van der Waals surface area (Å²) < 4.78 is 1.07. The second-order valence-corrected chi connectivity index (χ2v) is 3.94. The molecule has 0 spiro atoms. The van der Waals surface area contributed by atoms with Crippen LogP contribution in [0.1, 0.15) is 11.1 Å². The maximum absolute atomic E-state index is 5.83. The fourth-order valence-electron chi connectivity index (χ4n) is 1.25. The zero-order valence-corrected chi connectivity index (χ0v) is 9.55. The molecule has 0 amide bonds. The molecule has 1 aromatic rings. The Morgan fingerprint density at radius 1 is 1.27 bits per heavy atom. The number of aryl methyl sites for hydroxylation is 1. The molecule has 15 heavy (non-hydrogen) atoms. The molecule has 78 valence electrons. The van der Waals surface area contributed by atoms with Crippen molar-refractivity contribution in [1.82, 2.24) is 10.1 Å². The Balaban J connectivity index is 2.35. The molecule has 0 aromatic heterocycles. The minimum Gasteiger partial charge on any atom is -0.256 e. The number of rotatable bonds is 1. The van der Waals surface area contributed by atoms with Gasteiger partial charge < -0.3 is 0 Å². The lowest BCUT2D eigenvalue weighted by atomic mass is 10.1. The molecule has 1 aliphatic rings. The molecule has 0 bridgehead atoms. The third kappa shape index (κ3) is 2.43. The van der Waals surface area contributed by atoms with Crippen LogP contribution in [0.4, 0.5) is 0 Å². The summed E-state index contributed by atoms with van der Waals surface area (Å²) in [7, 11) is 0. The predicted octanol–water partition coefficient (Wildman–Crippen LogP) is 2.75. The van der Waals surface area contributed by atoms with Crippen LogP contribution in [0.25, 0.3) is 0 Å². The van der Waals surface area contributed by atoms with Crippen LogP contribution in [-0.2, 0) is 0 Å². The lowest BCUT2D eigenvalue weighted by Crippen LogP contribution is -2.28. The van der Waals surface area contributed by atoms with E-state index in [2.05, 4.69) is 10.5 Å². The van der Waals surface area contributed by atoms with E-state index in [0.717, 1.165) is 15.9 Å². The van der Waals surface area contributed by atoms with E-state index < -0.39 is 0 Å². The number of nitrogens with zero attached hydrogens (tertiary/aromatic N) is 2. The standard InChI is InChI=1S/C10H9Cl2N3/c1-7-2-4-8(5-3-7)9-6-10(11)14-15(12)13-9/h2-6,14H,1H3. The first-order valence-electron chi connectivity index (χ1n) is 4.40. The monoisotopic (exact) mass is 241 g/mol. The van der Waals surface area contributed by atoms with Crippen LogP contribution in [0, 0.1) is 6.92 Å². The number of nitrogens with one attached hydrogen (secondary N) is 1. The third-order valence-electron chi connectivity index (χ3n) is 2.01. The minimum atomic E-state index is 0.440. The molecule has 0 aliphatic carbocycles. The summed E-state index contributed by atoms with van der Waals surface area (Å²) in [4.78, 5) is 0. The number of halogens is 2. The molecule has 0 fully saturated rings. The number of benzene rings is 1. The van der Waals surface area contributed by atoms with Gasteiger partial charge in [-0.2, -0.15) is 0 Å². The van der Waals surface area contributed by atoms with Crippen molar-refractivity contribution < 1.29 is 0 Å². The van der Waals surface area contributed by atoms with Crippen molar-refractivity contribution in [1.29, 1.82) is 0 Å². The summed E-state index contributed by atoms with van der Waals surface area (Å²) in [5.41, 5.74) is 5.54. The first-order valence-corrected chi connectivity index (χ1v) is 5.12. The molecule has 3 nitrogen and oxygen atoms in total. The average Bonchev–Trinajstić information content (AvgIpc) is 2.17. The Morgan fingerprint density at radius 2 is 1.93 bits per heavy atom. The molecular weight excluding hydrogens is 233 g/mol. The SMILES string of the molecule is Cc1ccc(C2=NN(Cl)NC(Cl)=C2)cc1. The van der Waals surface area contributed by atoms with Crippen molar-refractivity contribution in [3.63, 3.8) is 0 Å². The lowest BCUT2D eigenvalue weighted by molar-refractivity contribution is 0.405. The molecule has 1 heterocycles. The quantitative estimate of drug-likeness (QED) is 0.605. The van der Waals surface area contributed by atoms with Gasteiger partial charge in [0.1, 0.15) is 5.16 Å². The Bertz CT molecular complexity index is 423. The van der Waals surface area contributed by atoms with Crippen molar-refractivity contribution in [2.45, 2.75) is 6.92 Å². The van der Waals surface area contributed by atoms with Crippen molar-refractivity contribution in [3.8, 4) is 0 Å². The van der Waals surface area contributed by atoms with Gasteiger partial charge in [0.15, 0.2) is 0 Å². The normalized spacial score (nSPS) is 15.5. The van der Waals surface area contributed by atoms with Crippen LogP contribution in [0.5, 0.6) is 0 Å². The van der Waals surface area contributed by atoms with Gasteiger partial charge in [0.2, 0.25) is 0 Å². The van der Waals surface area contributed by atoms with E-state index >= 15 is 0 Å². The number of hydrazone groups is 1. The number of hydrogen-bond acceptors (Lipinski definition) is 3. The van der Waals surface area contributed by atoms with Gasteiger partial charge in [-0.15, -0.1) is 9.74 Å². The average molecular weight is 242 g/mol. The van der Waals surface area contributed by atoms with Crippen molar-refractivity contribution in [3.05, 3.63) is 46.6 Å². The first-order chi connectivity index (χ1) is 7.15. The van der Waals surface area contributed by atoms with Gasteiger partial charge in [0, 0.05) is 11.6 Å². The molecule has 0 saturated carbocycles. The Kier molecular flexibility index (Phi) is 2.84. The van der Waals surface area contributed by atoms with Gasteiger partial charge in [-0.1, -0.05) is 41.4 Å². The molecule has 1 N–H and O–H groups in total. The third-order valence-corrected chi connectivity index (χ3v) is 2.36. The highest BCUT2D eigenvalue weighted by molar-refractivity contribution is 6.32. The second kappa shape index (κ2) is 4.13. The highest BCUT2D eigenvalue weighted by Gasteiger charge is 2.10. The molecule has 0 saturated heterocycles. The summed E-state index contributed by atoms with van der Waals surface area (Å²) in [5.74, 6) is 0. The van der Waals surface area contributed by atoms with E-state index in [1.165, 1.54) is 5.56 Å². The van der Waals surface area contributed by atoms with Gasteiger partial charge >= 0.3 is 0 Å². The summed E-state index contributed by atoms with van der Waals surface area (Å²) in [5, 5.41) is 4.52. The van der Waals surface area contributed by atoms with Crippen molar-refractivity contribution in [2.24, 2.45) is 5.10 Å². The molecular formula is C10H9Cl2N3. The van der Waals surface area contributed by atoms with E-state index in [0.29, 0.717) is 5.16 Å². The van der Waals surface area contributed by atoms with Gasteiger partial charge in [-0.05, 0) is 6.92 Å². The van der Waals surface area contributed by atoms with Crippen LogP contribution < -0.4 is 5.43 Å². The van der Waals surface area contributed by atoms with Crippen LogP contribution in [0.15, 0.2) is 40.6 Å². The van der Waals surface area contributed by atoms with Crippen LogP contribution in [-0.4, -0.2) is 10.3 Å². The fraction of sp³-hybridized carbons (Fsp3) is 0.100. The Labute approximate surface area is 98.1 Å². The lowest BCUT2D eigenvalue weighted by Gasteiger charge is -2.17. The maximum atomic E-state index is 5.83. The molecule has 1 aliphatic heterocycles. The number of hydrogen-bond donors (Lipinski definition) is 1. The van der Waals surface area contributed by atoms with E-state index in [9.17, 15) is 0 Å². The van der Waals surface area contributed by atoms with Gasteiger partial charge in [-0.25, -0.2) is 0 Å². The van der Waals surface area contributed by atoms with E-state index in [1.807, 2.05) is 31.2 Å². The summed E-state index contributed by atoms with van der Waals surface area (Å²) in [6, 6.07) is 7.98. The largest absolute Gasteiger partial charge is 0.256 e. The second-order valence-electron chi connectivity index (χ2n) is 3.22. The molecule has 5 heteroatoms. The van der Waals surface area contributed by atoms with E-state index in [1.54, 1.807) is 6.08 Å². The van der Waals surface area contributed by atoms with Gasteiger partial charge in [-0.3, -0.25) is 5.43 Å². The Hall–Kier alpha value is -1.19. The Morgan fingerprint density at radius 3 is 2.53 bits per heavy atom. The maximum Gasteiger partial charge on any atom is 0.125 e. The highest BCUT2D eigenvalue weighted by atomic mass is 35.5. The van der Waals surface area contributed by atoms with Crippen molar-refractivity contribution >= 4 is 29.1 Å². The van der Waals surface area contributed by atoms with Crippen LogP contribution in [0.2, 0.25) is 0 Å². The molecule has 1 aromatic carbocycles. The highest BCUT2D eigenvalue weighted by Crippen LogP contribution is 2.14. The number of allylic oxidation sites excluding steroid dienone is 1. The molecule has 2 rings (SSSR count). The zero-order chi connectivity index (χ0) is 10.8. The van der Waals surface area contributed by atoms with Gasteiger partial charge in [0.25, 0.3) is 0 Å². The predicted molar refractivity (Wildman–Crippen MR) is 62.5 cm³/mol. The molecule has 0 atom stereocenters.